The molecule has 5 rings (SSSR count). The van der Waals surface area contributed by atoms with E-state index in [1.165, 1.54) is 0 Å². The van der Waals surface area contributed by atoms with Crippen molar-refractivity contribution in [2.24, 2.45) is 0 Å². The molecule has 0 fully saturated rings. The summed E-state index contributed by atoms with van der Waals surface area (Å²) >= 11 is 6.49. The topological polar surface area (TPSA) is 63.8 Å². The predicted molar refractivity (Wildman–Crippen MR) is 117 cm³/mol. The van der Waals surface area contributed by atoms with Gasteiger partial charge in [0.2, 0.25) is 0 Å². The first-order chi connectivity index (χ1) is 13.7. The third kappa shape index (κ3) is 2.61. The summed E-state index contributed by atoms with van der Waals surface area (Å²) in [7, 11) is 1.84. The molecule has 4 nitrogen and oxygen atoms in total. The minimum Gasteiger partial charge on any atom is -0.387 e. The number of hydrogen-bond donors (Lipinski definition) is 4. The van der Waals surface area contributed by atoms with Crippen LogP contribution in [0, 0.1) is 0 Å². The maximum Gasteiger partial charge on any atom is 0.0914 e. The van der Waals surface area contributed by atoms with Gasteiger partial charge in [-0.3, -0.25) is 0 Å². The maximum atomic E-state index is 10.4. The number of aliphatic hydroxyl groups is 1. The molecule has 0 radical (unpaired) electrons. The number of aromatic amines is 2. The van der Waals surface area contributed by atoms with Gasteiger partial charge in [0.15, 0.2) is 0 Å². The second kappa shape index (κ2) is 6.67. The van der Waals surface area contributed by atoms with Crippen LogP contribution in [0.5, 0.6) is 0 Å². The molecule has 140 valence electrons. The highest BCUT2D eigenvalue weighted by Gasteiger charge is 2.16. The molecule has 5 heteroatoms. The van der Waals surface area contributed by atoms with Crippen LogP contribution in [0.3, 0.4) is 0 Å². The zero-order chi connectivity index (χ0) is 19.3. The van der Waals surface area contributed by atoms with Crippen LogP contribution in [0.2, 0.25) is 5.02 Å². The number of H-pyrrole nitrogens is 2. The Balaban J connectivity index is 1.82. The Hall–Kier alpha value is -2.79. The molecule has 2 heterocycles. The summed E-state index contributed by atoms with van der Waals surface area (Å²) in [5, 5.41) is 18.7. The van der Waals surface area contributed by atoms with Crippen LogP contribution in [0.25, 0.3) is 43.7 Å². The average Bonchev–Trinajstić information content (AvgIpc) is 3.31. The van der Waals surface area contributed by atoms with Gasteiger partial charge >= 0.3 is 0 Å². The highest BCUT2D eigenvalue weighted by molar-refractivity contribution is 6.34. The molecule has 0 aliphatic rings. The van der Waals surface area contributed by atoms with E-state index in [0.717, 1.165) is 54.3 Å². The van der Waals surface area contributed by atoms with Crippen molar-refractivity contribution < 1.29 is 5.11 Å². The van der Waals surface area contributed by atoms with Gasteiger partial charge in [0.05, 0.1) is 6.10 Å². The number of likely N-dealkylation sites (N-methyl/N-ethyl adjacent to an activating group) is 1. The number of aromatic nitrogens is 2. The molecule has 0 saturated carbocycles. The Labute approximate surface area is 167 Å². The number of benzene rings is 3. The van der Waals surface area contributed by atoms with Gasteiger partial charge in [-0.1, -0.05) is 35.9 Å². The molecule has 0 saturated heterocycles. The Kier molecular flexibility index (Phi) is 4.13. The normalized spacial score (nSPS) is 13.0. The van der Waals surface area contributed by atoms with Crippen molar-refractivity contribution in [3.63, 3.8) is 0 Å². The highest BCUT2D eigenvalue weighted by atomic mass is 35.5. The van der Waals surface area contributed by atoms with Crippen molar-refractivity contribution in [1.82, 2.24) is 15.3 Å². The predicted octanol–water partition coefficient (Wildman–Crippen LogP) is 5.38. The zero-order valence-corrected chi connectivity index (χ0v) is 16.1. The van der Waals surface area contributed by atoms with Gasteiger partial charge in [0.1, 0.15) is 0 Å². The van der Waals surface area contributed by atoms with Crippen LogP contribution < -0.4 is 5.32 Å². The summed E-state index contributed by atoms with van der Waals surface area (Å²) in [4.78, 5) is 6.79. The van der Waals surface area contributed by atoms with Crippen molar-refractivity contribution >= 4 is 44.2 Å². The summed E-state index contributed by atoms with van der Waals surface area (Å²) in [6.45, 7) is 0.518. The largest absolute Gasteiger partial charge is 0.387 e. The van der Waals surface area contributed by atoms with E-state index >= 15 is 0 Å². The molecule has 3 aromatic carbocycles. The molecule has 4 N–H and O–H groups in total. The Morgan fingerprint density at radius 3 is 2.61 bits per heavy atom. The quantitative estimate of drug-likeness (QED) is 0.333. The lowest BCUT2D eigenvalue weighted by Gasteiger charge is -2.10. The fraction of sp³-hybridized carbons (Fsp3) is 0.130. The molecule has 0 aliphatic heterocycles. The number of fused-ring (bicyclic) bond motifs is 5. The molecule has 0 amide bonds. The molecule has 1 atom stereocenters. The molecule has 0 bridgehead atoms. The zero-order valence-electron chi connectivity index (χ0n) is 15.4. The second-order valence-corrected chi connectivity index (χ2v) is 7.52. The third-order valence-corrected chi connectivity index (χ3v) is 5.72. The Morgan fingerprint density at radius 2 is 1.79 bits per heavy atom. The molecule has 5 aromatic rings. The number of rotatable bonds is 4. The summed E-state index contributed by atoms with van der Waals surface area (Å²) < 4.78 is 0. The molecular formula is C23H20ClN3O. The summed E-state index contributed by atoms with van der Waals surface area (Å²) in [6.07, 6.45) is 3.51. The van der Waals surface area contributed by atoms with E-state index in [0.29, 0.717) is 6.54 Å². The van der Waals surface area contributed by atoms with Crippen molar-refractivity contribution in [2.45, 2.75) is 6.10 Å². The Morgan fingerprint density at radius 1 is 0.964 bits per heavy atom. The van der Waals surface area contributed by atoms with Crippen LogP contribution in [0.4, 0.5) is 0 Å². The van der Waals surface area contributed by atoms with Crippen molar-refractivity contribution in [2.75, 3.05) is 13.6 Å². The summed E-state index contributed by atoms with van der Waals surface area (Å²) in [5.74, 6) is 0. The minimum absolute atomic E-state index is 0.518. The lowest BCUT2D eigenvalue weighted by atomic mass is 9.97. The Bertz CT molecular complexity index is 1320. The monoisotopic (exact) mass is 389 g/mol. The molecule has 28 heavy (non-hydrogen) atoms. The lowest BCUT2D eigenvalue weighted by Crippen LogP contribution is -2.16. The van der Waals surface area contributed by atoms with E-state index in [1.54, 1.807) is 0 Å². The van der Waals surface area contributed by atoms with E-state index in [2.05, 4.69) is 27.4 Å². The molecule has 0 aliphatic carbocycles. The van der Waals surface area contributed by atoms with Crippen LogP contribution in [-0.2, 0) is 0 Å². The van der Waals surface area contributed by atoms with Crippen molar-refractivity contribution in [3.05, 3.63) is 71.5 Å². The van der Waals surface area contributed by atoms with E-state index in [9.17, 15) is 5.11 Å². The lowest BCUT2D eigenvalue weighted by molar-refractivity contribution is 0.178. The number of halogens is 1. The van der Waals surface area contributed by atoms with Gasteiger partial charge in [0, 0.05) is 62.1 Å². The number of nitrogens with one attached hydrogen (secondary N) is 3. The SMILES string of the molecule is CNCC(O)c1ccc2[nH]c3cc(-c4ccccc4Cl)c4c[nH]cc4c3c2c1. The molecule has 1 unspecified atom stereocenters. The van der Waals surface area contributed by atoms with E-state index in [4.69, 9.17) is 11.6 Å². The summed E-state index contributed by atoms with van der Waals surface area (Å²) in [5.41, 5.74) is 5.11. The first-order valence-electron chi connectivity index (χ1n) is 9.30. The van der Waals surface area contributed by atoms with Gasteiger partial charge in [-0.15, -0.1) is 0 Å². The van der Waals surface area contributed by atoms with Crippen molar-refractivity contribution in [3.8, 4) is 11.1 Å². The average molecular weight is 390 g/mol. The van der Waals surface area contributed by atoms with E-state index in [1.807, 2.05) is 55.8 Å². The van der Waals surface area contributed by atoms with Crippen LogP contribution in [0.15, 0.2) is 60.9 Å². The van der Waals surface area contributed by atoms with Crippen LogP contribution >= 0.6 is 11.6 Å². The molecule has 0 spiro atoms. The smallest absolute Gasteiger partial charge is 0.0914 e. The van der Waals surface area contributed by atoms with Crippen molar-refractivity contribution in [1.29, 1.82) is 0 Å². The minimum atomic E-state index is -0.538. The summed E-state index contributed by atoms with van der Waals surface area (Å²) in [6, 6.07) is 16.2. The number of aliphatic hydroxyl groups excluding tert-OH is 1. The second-order valence-electron chi connectivity index (χ2n) is 7.11. The van der Waals surface area contributed by atoms with Crippen LogP contribution in [0.1, 0.15) is 11.7 Å². The fourth-order valence-electron chi connectivity index (χ4n) is 4.07. The highest BCUT2D eigenvalue weighted by Crippen LogP contribution is 2.40. The molecular weight excluding hydrogens is 370 g/mol. The number of hydrogen-bond acceptors (Lipinski definition) is 2. The first-order valence-corrected chi connectivity index (χ1v) is 9.67. The maximum absolute atomic E-state index is 10.4. The van der Waals surface area contributed by atoms with Gasteiger partial charge in [-0.2, -0.15) is 0 Å². The third-order valence-electron chi connectivity index (χ3n) is 5.39. The van der Waals surface area contributed by atoms with Gasteiger partial charge in [-0.25, -0.2) is 0 Å². The van der Waals surface area contributed by atoms with Gasteiger partial charge in [-0.05, 0) is 42.4 Å². The fourth-order valence-corrected chi connectivity index (χ4v) is 4.30. The van der Waals surface area contributed by atoms with Gasteiger partial charge in [0.25, 0.3) is 0 Å². The van der Waals surface area contributed by atoms with Gasteiger partial charge < -0.3 is 20.4 Å². The van der Waals surface area contributed by atoms with E-state index in [-0.39, 0.29) is 0 Å². The van der Waals surface area contributed by atoms with E-state index < -0.39 is 6.10 Å². The molecule has 2 aromatic heterocycles. The standard InChI is InChI=1S/C23H20ClN3O/c1-25-12-22(28)13-6-7-20-16(8-13)23-18-11-26-10-17(18)15(9-21(23)27-20)14-4-2-3-5-19(14)24/h2-11,22,25-28H,12H2,1H3. The van der Waals surface area contributed by atoms with Crippen LogP contribution in [-0.4, -0.2) is 28.7 Å². The first kappa shape index (κ1) is 17.3.